The smallest absolute Gasteiger partial charge is 0.257 e. The summed E-state index contributed by atoms with van der Waals surface area (Å²) in [5.74, 6) is 0.0645. The number of hydrogen-bond acceptors (Lipinski definition) is 3. The Hall–Kier alpha value is -1.55. The summed E-state index contributed by atoms with van der Waals surface area (Å²) in [6.07, 6.45) is 0. The zero-order valence-electron chi connectivity index (χ0n) is 15.3. The minimum absolute atomic E-state index is 0.0689. The SMILES string of the molecule is CC(C)(C)c1cc(C(=O)N2CCNCC2)c(O)c(C(C)(C)C)c1. The first-order chi connectivity index (χ1) is 10.5. The lowest BCUT2D eigenvalue weighted by Gasteiger charge is -2.31. The maximum atomic E-state index is 12.9. The van der Waals surface area contributed by atoms with Crippen molar-refractivity contribution in [3.8, 4) is 5.75 Å². The number of rotatable bonds is 1. The van der Waals surface area contributed by atoms with E-state index in [0.29, 0.717) is 18.7 Å². The number of aromatic hydroxyl groups is 1. The summed E-state index contributed by atoms with van der Waals surface area (Å²) < 4.78 is 0. The van der Waals surface area contributed by atoms with Gasteiger partial charge in [0.15, 0.2) is 0 Å². The zero-order chi connectivity index (χ0) is 17.4. The summed E-state index contributed by atoms with van der Waals surface area (Å²) in [6.45, 7) is 15.6. The number of phenolic OH excluding ortho intramolecular Hbond substituents is 1. The molecule has 4 heteroatoms. The van der Waals surface area contributed by atoms with Crippen LogP contribution in [0, 0.1) is 0 Å². The van der Waals surface area contributed by atoms with Crippen LogP contribution in [0.15, 0.2) is 12.1 Å². The lowest BCUT2D eigenvalue weighted by Crippen LogP contribution is -2.46. The second kappa shape index (κ2) is 6.16. The van der Waals surface area contributed by atoms with Crippen LogP contribution in [-0.4, -0.2) is 42.1 Å². The molecule has 128 valence electrons. The monoisotopic (exact) mass is 318 g/mol. The number of carbonyl (C=O) groups excluding carboxylic acids is 1. The van der Waals surface area contributed by atoms with Crippen molar-refractivity contribution in [2.45, 2.75) is 52.4 Å². The maximum Gasteiger partial charge on any atom is 0.257 e. The van der Waals surface area contributed by atoms with Crippen LogP contribution in [0.3, 0.4) is 0 Å². The zero-order valence-corrected chi connectivity index (χ0v) is 15.3. The summed E-state index contributed by atoms with van der Waals surface area (Å²) in [5.41, 5.74) is 2.06. The number of benzene rings is 1. The lowest BCUT2D eigenvalue weighted by atomic mass is 9.78. The Labute approximate surface area is 139 Å². The van der Waals surface area contributed by atoms with E-state index in [1.165, 1.54) is 0 Å². The first-order valence-corrected chi connectivity index (χ1v) is 8.40. The number of nitrogens with one attached hydrogen (secondary N) is 1. The standard InChI is InChI=1S/C19H30N2O2/c1-18(2,3)13-11-14(16(22)15(12-13)19(4,5)6)17(23)21-9-7-20-8-10-21/h11-12,20,22H,7-10H2,1-6H3. The number of phenols is 1. The molecule has 0 aliphatic carbocycles. The van der Waals surface area contributed by atoms with E-state index >= 15 is 0 Å². The van der Waals surface area contributed by atoms with E-state index in [1.54, 1.807) is 0 Å². The van der Waals surface area contributed by atoms with Crippen molar-refractivity contribution in [3.63, 3.8) is 0 Å². The quantitative estimate of drug-likeness (QED) is 0.837. The maximum absolute atomic E-state index is 12.9. The molecule has 0 atom stereocenters. The molecule has 0 aromatic heterocycles. The summed E-state index contributed by atoms with van der Waals surface area (Å²) in [7, 11) is 0. The minimum Gasteiger partial charge on any atom is -0.507 e. The largest absolute Gasteiger partial charge is 0.507 e. The molecule has 4 nitrogen and oxygen atoms in total. The second-order valence-electron chi connectivity index (χ2n) is 8.46. The van der Waals surface area contributed by atoms with E-state index in [9.17, 15) is 9.90 Å². The first kappa shape index (κ1) is 17.8. The van der Waals surface area contributed by atoms with Crippen LogP contribution in [0.2, 0.25) is 0 Å². The minimum atomic E-state index is -0.218. The molecule has 0 unspecified atom stereocenters. The predicted molar refractivity (Wildman–Crippen MR) is 94.3 cm³/mol. The highest BCUT2D eigenvalue weighted by molar-refractivity contribution is 5.97. The van der Waals surface area contributed by atoms with E-state index in [1.807, 2.05) is 17.0 Å². The van der Waals surface area contributed by atoms with Gasteiger partial charge in [-0.05, 0) is 22.5 Å². The van der Waals surface area contributed by atoms with Crippen molar-refractivity contribution in [3.05, 3.63) is 28.8 Å². The van der Waals surface area contributed by atoms with Gasteiger partial charge in [-0.2, -0.15) is 0 Å². The number of amides is 1. The van der Waals surface area contributed by atoms with Crippen LogP contribution in [0.1, 0.15) is 63.0 Å². The fourth-order valence-corrected chi connectivity index (χ4v) is 2.84. The molecule has 1 aliphatic heterocycles. The van der Waals surface area contributed by atoms with Gasteiger partial charge in [0, 0.05) is 31.7 Å². The van der Waals surface area contributed by atoms with Crippen molar-refractivity contribution in [2.75, 3.05) is 26.2 Å². The summed E-state index contributed by atoms with van der Waals surface area (Å²) in [4.78, 5) is 14.7. The summed E-state index contributed by atoms with van der Waals surface area (Å²) >= 11 is 0. The van der Waals surface area contributed by atoms with E-state index in [2.05, 4.69) is 46.9 Å². The van der Waals surface area contributed by atoms with Gasteiger partial charge in [-0.1, -0.05) is 47.6 Å². The molecular weight excluding hydrogens is 288 g/mol. The van der Waals surface area contributed by atoms with E-state index < -0.39 is 0 Å². The highest BCUT2D eigenvalue weighted by atomic mass is 16.3. The Morgan fingerprint density at radius 2 is 1.61 bits per heavy atom. The van der Waals surface area contributed by atoms with Crippen molar-refractivity contribution in [2.24, 2.45) is 0 Å². The van der Waals surface area contributed by atoms with Crippen molar-refractivity contribution >= 4 is 5.91 Å². The van der Waals surface area contributed by atoms with Gasteiger partial charge in [-0.3, -0.25) is 4.79 Å². The Morgan fingerprint density at radius 1 is 1.04 bits per heavy atom. The fourth-order valence-electron chi connectivity index (χ4n) is 2.84. The van der Waals surface area contributed by atoms with Gasteiger partial charge < -0.3 is 15.3 Å². The van der Waals surface area contributed by atoms with Crippen molar-refractivity contribution < 1.29 is 9.90 Å². The average molecular weight is 318 g/mol. The molecular formula is C19H30N2O2. The summed E-state index contributed by atoms with van der Waals surface area (Å²) in [5, 5.41) is 14.0. The second-order valence-corrected chi connectivity index (χ2v) is 8.46. The van der Waals surface area contributed by atoms with Crippen LogP contribution in [-0.2, 0) is 10.8 Å². The summed E-state index contributed by atoms with van der Waals surface area (Å²) in [6, 6.07) is 3.92. The third-order valence-electron chi connectivity index (χ3n) is 4.42. The molecule has 1 aliphatic rings. The number of piperazine rings is 1. The molecule has 0 saturated carbocycles. The number of nitrogens with zero attached hydrogens (tertiary/aromatic N) is 1. The molecule has 2 N–H and O–H groups in total. The molecule has 2 rings (SSSR count). The van der Waals surface area contributed by atoms with E-state index in [4.69, 9.17) is 0 Å². The fraction of sp³-hybridized carbons (Fsp3) is 0.632. The van der Waals surface area contributed by atoms with Gasteiger partial charge in [-0.25, -0.2) is 0 Å². The van der Waals surface area contributed by atoms with Gasteiger partial charge in [0.05, 0.1) is 5.56 Å². The molecule has 23 heavy (non-hydrogen) atoms. The van der Waals surface area contributed by atoms with Crippen LogP contribution in [0.4, 0.5) is 0 Å². The molecule has 1 amide bonds. The first-order valence-electron chi connectivity index (χ1n) is 8.40. The van der Waals surface area contributed by atoms with Crippen LogP contribution < -0.4 is 5.32 Å². The number of hydrogen-bond donors (Lipinski definition) is 2. The topological polar surface area (TPSA) is 52.6 Å². The molecule has 1 fully saturated rings. The highest BCUT2D eigenvalue weighted by Crippen LogP contribution is 2.38. The molecule has 1 aromatic carbocycles. The molecule has 1 aromatic rings. The van der Waals surface area contributed by atoms with Crippen molar-refractivity contribution in [1.29, 1.82) is 0 Å². The Bertz CT molecular complexity index is 589. The van der Waals surface area contributed by atoms with Gasteiger partial charge in [0.25, 0.3) is 5.91 Å². The third-order valence-corrected chi connectivity index (χ3v) is 4.42. The highest BCUT2D eigenvalue weighted by Gasteiger charge is 2.29. The molecule has 0 bridgehead atoms. The third kappa shape index (κ3) is 3.86. The Kier molecular flexibility index (Phi) is 4.76. The Morgan fingerprint density at radius 3 is 2.09 bits per heavy atom. The molecule has 1 saturated heterocycles. The molecule has 1 heterocycles. The van der Waals surface area contributed by atoms with Crippen LogP contribution in [0.25, 0.3) is 0 Å². The van der Waals surface area contributed by atoms with Gasteiger partial charge in [-0.15, -0.1) is 0 Å². The van der Waals surface area contributed by atoms with Crippen LogP contribution >= 0.6 is 0 Å². The van der Waals surface area contributed by atoms with E-state index in [-0.39, 0.29) is 22.5 Å². The molecule has 0 spiro atoms. The predicted octanol–water partition coefficient (Wildman–Crippen LogP) is 3.03. The Balaban J connectivity index is 2.55. The van der Waals surface area contributed by atoms with Gasteiger partial charge >= 0.3 is 0 Å². The number of carbonyl (C=O) groups is 1. The average Bonchev–Trinajstić information content (AvgIpc) is 2.45. The van der Waals surface area contributed by atoms with Crippen molar-refractivity contribution in [1.82, 2.24) is 10.2 Å². The van der Waals surface area contributed by atoms with Crippen LogP contribution in [0.5, 0.6) is 5.75 Å². The van der Waals surface area contributed by atoms with E-state index in [0.717, 1.165) is 24.2 Å². The lowest BCUT2D eigenvalue weighted by molar-refractivity contribution is 0.0732. The normalized spacial score (nSPS) is 16.5. The van der Waals surface area contributed by atoms with Gasteiger partial charge in [0.2, 0.25) is 0 Å². The molecule has 0 radical (unpaired) electrons. The van der Waals surface area contributed by atoms with Gasteiger partial charge in [0.1, 0.15) is 5.75 Å².